The van der Waals surface area contributed by atoms with Crippen LogP contribution in [-0.2, 0) is 21.5 Å². The number of amides is 1. The van der Waals surface area contributed by atoms with Crippen molar-refractivity contribution in [2.24, 2.45) is 0 Å². The van der Waals surface area contributed by atoms with Gasteiger partial charge in [-0.05, 0) is 79.4 Å². The van der Waals surface area contributed by atoms with Gasteiger partial charge in [0.15, 0.2) is 0 Å². The summed E-state index contributed by atoms with van der Waals surface area (Å²) >= 11 is 6.34. The largest absolute Gasteiger partial charge is 0.462 e. The van der Waals surface area contributed by atoms with E-state index in [2.05, 4.69) is 0 Å². The molecule has 0 radical (unpaired) electrons. The van der Waals surface area contributed by atoms with Crippen LogP contribution in [0, 0.1) is 5.82 Å². The standard InChI is InChI=1S/C29H27ClFN3O4/c1-4-38-27(36)19-14-20(16-22(31)15-19)29(11-12-29)34-24-10-7-21(30)17-25(24)33(28(34)37)23-8-5-18(6-9-23)13-26(35)32(2)3/h5-10,14-17H,4,11-13H2,1-3H3. The molecule has 38 heavy (non-hydrogen) atoms. The van der Waals surface area contributed by atoms with Crippen molar-refractivity contribution >= 4 is 34.5 Å². The van der Waals surface area contributed by atoms with Gasteiger partial charge >= 0.3 is 11.7 Å². The van der Waals surface area contributed by atoms with E-state index >= 15 is 0 Å². The van der Waals surface area contributed by atoms with Crippen LogP contribution in [0.5, 0.6) is 0 Å². The number of hydrogen-bond donors (Lipinski definition) is 0. The zero-order valence-corrected chi connectivity index (χ0v) is 22.1. The number of likely N-dealkylation sites (N-methyl/N-ethyl adjacent to an activating group) is 1. The summed E-state index contributed by atoms with van der Waals surface area (Å²) < 4.78 is 23.0. The van der Waals surface area contributed by atoms with Crippen molar-refractivity contribution < 1.29 is 18.7 Å². The Kier molecular flexibility index (Phi) is 6.61. The zero-order valence-electron chi connectivity index (χ0n) is 21.3. The lowest BCUT2D eigenvalue weighted by atomic mass is 10.0. The number of carbonyl (C=O) groups excluding carboxylic acids is 2. The summed E-state index contributed by atoms with van der Waals surface area (Å²) in [6.07, 6.45) is 1.46. The molecule has 7 nitrogen and oxygen atoms in total. The SMILES string of the molecule is CCOC(=O)c1cc(F)cc(C2(n3c(=O)n(-c4ccc(CC(=O)N(C)C)cc4)c4cc(Cl)ccc43)CC2)c1. The van der Waals surface area contributed by atoms with Gasteiger partial charge < -0.3 is 9.64 Å². The van der Waals surface area contributed by atoms with Gasteiger partial charge in [0.25, 0.3) is 0 Å². The Balaban J connectivity index is 1.64. The van der Waals surface area contributed by atoms with Gasteiger partial charge in [-0.3, -0.25) is 13.9 Å². The number of ether oxygens (including phenoxy) is 1. The molecule has 1 fully saturated rings. The number of halogens is 2. The van der Waals surface area contributed by atoms with Gasteiger partial charge in [-0.1, -0.05) is 23.7 Å². The van der Waals surface area contributed by atoms with Gasteiger partial charge in [0, 0.05) is 19.1 Å². The molecule has 1 saturated carbocycles. The van der Waals surface area contributed by atoms with Crippen molar-refractivity contribution in [3.8, 4) is 5.69 Å². The number of nitrogens with zero attached hydrogens (tertiary/aromatic N) is 3. The third kappa shape index (κ3) is 4.49. The molecule has 9 heteroatoms. The molecule has 0 N–H and O–H groups in total. The van der Waals surface area contributed by atoms with Gasteiger partial charge in [0.05, 0.1) is 40.9 Å². The first-order valence-electron chi connectivity index (χ1n) is 12.4. The minimum atomic E-state index is -0.810. The highest BCUT2D eigenvalue weighted by Gasteiger charge is 2.49. The van der Waals surface area contributed by atoms with E-state index in [1.165, 1.54) is 11.0 Å². The molecule has 1 aliphatic rings. The smallest absolute Gasteiger partial charge is 0.338 e. The second kappa shape index (κ2) is 9.76. The first-order chi connectivity index (χ1) is 18.1. The summed E-state index contributed by atoms with van der Waals surface area (Å²) in [5, 5.41) is 0.469. The Morgan fingerprint density at radius 1 is 1.03 bits per heavy atom. The van der Waals surface area contributed by atoms with Crippen LogP contribution in [-0.4, -0.2) is 46.6 Å². The number of esters is 1. The predicted octanol–water partition coefficient (Wildman–Crippen LogP) is 4.93. The quantitative estimate of drug-likeness (QED) is 0.315. The Labute approximate surface area is 224 Å². The van der Waals surface area contributed by atoms with E-state index < -0.39 is 17.3 Å². The van der Waals surface area contributed by atoms with Gasteiger partial charge in [-0.15, -0.1) is 0 Å². The fraction of sp³-hybridized carbons (Fsp3) is 0.276. The Morgan fingerprint density at radius 2 is 1.74 bits per heavy atom. The van der Waals surface area contributed by atoms with Crippen LogP contribution in [0.25, 0.3) is 16.7 Å². The summed E-state index contributed by atoms with van der Waals surface area (Å²) in [5.74, 6) is -1.20. The van der Waals surface area contributed by atoms with E-state index in [1.54, 1.807) is 66.6 Å². The molecule has 1 amide bonds. The number of imidazole rings is 1. The lowest BCUT2D eigenvalue weighted by molar-refractivity contribution is -0.127. The summed E-state index contributed by atoms with van der Waals surface area (Å²) in [7, 11) is 3.41. The Bertz CT molecular complexity index is 1620. The maximum Gasteiger partial charge on any atom is 0.338 e. The van der Waals surface area contributed by atoms with Crippen LogP contribution in [0.4, 0.5) is 4.39 Å². The van der Waals surface area contributed by atoms with E-state index in [1.807, 2.05) is 12.1 Å². The molecular formula is C29H27ClFN3O4. The molecule has 1 aliphatic carbocycles. The molecule has 1 aromatic heterocycles. The zero-order chi connectivity index (χ0) is 27.2. The highest BCUT2D eigenvalue weighted by molar-refractivity contribution is 6.31. The summed E-state index contributed by atoms with van der Waals surface area (Å²) in [4.78, 5) is 40.1. The number of carbonyl (C=O) groups is 2. The molecule has 0 aliphatic heterocycles. The van der Waals surface area contributed by atoms with Crippen molar-refractivity contribution in [3.05, 3.63) is 98.7 Å². The number of rotatable bonds is 7. The van der Waals surface area contributed by atoms with Crippen LogP contribution < -0.4 is 5.69 Å². The second-order valence-corrected chi connectivity index (χ2v) is 10.1. The van der Waals surface area contributed by atoms with Crippen LogP contribution in [0.2, 0.25) is 5.02 Å². The highest BCUT2D eigenvalue weighted by atomic mass is 35.5. The molecule has 4 aromatic rings. The first kappa shape index (κ1) is 25.7. The van der Waals surface area contributed by atoms with Crippen LogP contribution >= 0.6 is 11.6 Å². The van der Waals surface area contributed by atoms with Crippen LogP contribution in [0.3, 0.4) is 0 Å². The van der Waals surface area contributed by atoms with Gasteiger partial charge in [0.1, 0.15) is 5.82 Å². The molecule has 0 unspecified atom stereocenters. The predicted molar refractivity (Wildman–Crippen MR) is 144 cm³/mol. The van der Waals surface area contributed by atoms with Gasteiger partial charge in [-0.25, -0.2) is 14.0 Å². The summed E-state index contributed by atoms with van der Waals surface area (Å²) in [5.41, 5.74) is 2.22. The first-order valence-corrected chi connectivity index (χ1v) is 12.7. The van der Waals surface area contributed by atoms with E-state index in [9.17, 15) is 18.8 Å². The fourth-order valence-electron chi connectivity index (χ4n) is 4.88. The maximum absolute atomic E-state index is 14.7. The minimum absolute atomic E-state index is 0.0220. The number of aromatic nitrogens is 2. The molecule has 0 atom stereocenters. The molecular weight excluding hydrogens is 509 g/mol. The fourth-order valence-corrected chi connectivity index (χ4v) is 5.05. The molecule has 196 valence electrons. The van der Waals surface area contributed by atoms with E-state index in [0.717, 1.165) is 11.6 Å². The summed E-state index contributed by atoms with van der Waals surface area (Å²) in [6, 6.07) is 16.6. The maximum atomic E-state index is 14.7. The molecule has 0 saturated heterocycles. The van der Waals surface area contributed by atoms with E-state index in [-0.39, 0.29) is 30.2 Å². The summed E-state index contributed by atoms with van der Waals surface area (Å²) in [6.45, 7) is 1.86. The van der Waals surface area contributed by atoms with Gasteiger partial charge in [0.2, 0.25) is 5.91 Å². The molecule has 5 rings (SSSR count). The van der Waals surface area contributed by atoms with Crippen molar-refractivity contribution in [2.75, 3.05) is 20.7 Å². The number of benzene rings is 3. The molecule has 3 aromatic carbocycles. The van der Waals surface area contributed by atoms with Crippen LogP contribution in [0.1, 0.15) is 41.3 Å². The van der Waals surface area contributed by atoms with Gasteiger partial charge in [-0.2, -0.15) is 0 Å². The Hall–Kier alpha value is -3.91. The lowest BCUT2D eigenvalue weighted by Crippen LogP contribution is -2.32. The molecule has 1 heterocycles. The second-order valence-electron chi connectivity index (χ2n) is 9.70. The van der Waals surface area contributed by atoms with Crippen molar-refractivity contribution in [1.29, 1.82) is 0 Å². The number of fused-ring (bicyclic) bond motifs is 1. The minimum Gasteiger partial charge on any atom is -0.462 e. The third-order valence-electron chi connectivity index (χ3n) is 6.95. The topological polar surface area (TPSA) is 73.5 Å². The highest BCUT2D eigenvalue weighted by Crippen LogP contribution is 2.50. The van der Waals surface area contributed by atoms with Crippen molar-refractivity contribution in [3.63, 3.8) is 0 Å². The normalized spacial score (nSPS) is 13.9. The lowest BCUT2D eigenvalue weighted by Gasteiger charge is -2.19. The van der Waals surface area contributed by atoms with E-state index in [4.69, 9.17) is 16.3 Å². The average molecular weight is 536 g/mol. The van der Waals surface area contributed by atoms with E-state index in [0.29, 0.717) is 40.1 Å². The van der Waals surface area contributed by atoms with Crippen LogP contribution in [0.15, 0.2) is 65.5 Å². The third-order valence-corrected chi connectivity index (χ3v) is 7.18. The Morgan fingerprint density at radius 3 is 2.37 bits per heavy atom. The monoisotopic (exact) mass is 535 g/mol. The van der Waals surface area contributed by atoms with Crippen molar-refractivity contribution in [2.45, 2.75) is 31.7 Å². The molecule has 0 bridgehead atoms. The van der Waals surface area contributed by atoms with Crippen molar-refractivity contribution in [1.82, 2.24) is 14.0 Å². The average Bonchev–Trinajstić information content (AvgIpc) is 3.62. The number of hydrogen-bond acceptors (Lipinski definition) is 4. The molecule has 0 spiro atoms.